The van der Waals surface area contributed by atoms with Gasteiger partial charge in [-0.25, -0.2) is 4.98 Å². The van der Waals surface area contributed by atoms with Crippen LogP contribution in [0.25, 0.3) is 10.9 Å². The Hall–Kier alpha value is -3.04. The standard InChI is InChI=1S/C22H26N4O4S/c1-29-14-15-30-20-18(10-7-12-23-20)24-19(27)11-3-2-6-13-26-21(28)16-8-4-5-9-17(16)25-22(26)31/h4-5,7-10,12H,2-3,6,11,13-15H2,1H3,(H,24,27)(H,25,31). The minimum atomic E-state index is -0.107. The smallest absolute Gasteiger partial charge is 0.262 e. The molecule has 0 aliphatic carbocycles. The van der Waals surface area contributed by atoms with Gasteiger partial charge in [0.1, 0.15) is 12.3 Å². The predicted octanol–water partition coefficient (Wildman–Crippen LogP) is 3.68. The number of rotatable bonds is 11. The Labute approximate surface area is 185 Å². The van der Waals surface area contributed by atoms with Gasteiger partial charge in [-0.3, -0.25) is 14.2 Å². The number of hydrogen-bond acceptors (Lipinski definition) is 6. The molecule has 9 heteroatoms. The van der Waals surface area contributed by atoms with Gasteiger partial charge in [-0.1, -0.05) is 18.6 Å². The summed E-state index contributed by atoms with van der Waals surface area (Å²) in [5, 5.41) is 3.46. The molecule has 164 valence electrons. The lowest BCUT2D eigenvalue weighted by Gasteiger charge is -2.11. The summed E-state index contributed by atoms with van der Waals surface area (Å²) < 4.78 is 12.5. The van der Waals surface area contributed by atoms with E-state index in [1.54, 1.807) is 36.1 Å². The van der Waals surface area contributed by atoms with E-state index in [2.05, 4.69) is 15.3 Å². The maximum atomic E-state index is 12.6. The molecule has 2 N–H and O–H groups in total. The van der Waals surface area contributed by atoms with E-state index >= 15 is 0 Å². The highest BCUT2D eigenvalue weighted by Crippen LogP contribution is 2.21. The minimum Gasteiger partial charge on any atom is -0.474 e. The highest BCUT2D eigenvalue weighted by atomic mass is 32.1. The SMILES string of the molecule is COCCOc1ncccc1NC(=O)CCCCCn1c(=S)[nH]c2ccccc2c1=O. The number of aromatic amines is 1. The average molecular weight is 443 g/mol. The topological polar surface area (TPSA) is 98.2 Å². The number of H-pyrrole nitrogens is 1. The van der Waals surface area contributed by atoms with E-state index in [1.165, 1.54) is 0 Å². The molecular formula is C22H26N4O4S. The molecule has 1 amide bonds. The summed E-state index contributed by atoms with van der Waals surface area (Å²) in [5.74, 6) is 0.266. The monoisotopic (exact) mass is 442 g/mol. The number of aromatic nitrogens is 3. The first kappa shape index (κ1) is 22.6. The second-order valence-electron chi connectivity index (χ2n) is 6.99. The van der Waals surface area contributed by atoms with Crippen LogP contribution in [0.1, 0.15) is 25.7 Å². The second kappa shape index (κ2) is 11.4. The van der Waals surface area contributed by atoms with E-state index in [9.17, 15) is 9.59 Å². The molecule has 1 aromatic carbocycles. The first-order chi connectivity index (χ1) is 15.1. The third kappa shape index (κ3) is 6.22. The molecule has 0 spiro atoms. The van der Waals surface area contributed by atoms with Crippen molar-refractivity contribution in [3.8, 4) is 5.88 Å². The van der Waals surface area contributed by atoms with Crippen LogP contribution in [0, 0.1) is 4.77 Å². The summed E-state index contributed by atoms with van der Waals surface area (Å²) in [5.41, 5.74) is 1.19. The van der Waals surface area contributed by atoms with Gasteiger partial charge < -0.3 is 19.8 Å². The van der Waals surface area contributed by atoms with Crippen molar-refractivity contribution in [2.45, 2.75) is 32.2 Å². The zero-order valence-electron chi connectivity index (χ0n) is 17.4. The summed E-state index contributed by atoms with van der Waals surface area (Å²) >= 11 is 5.33. The van der Waals surface area contributed by atoms with E-state index in [0.29, 0.717) is 54.3 Å². The van der Waals surface area contributed by atoms with E-state index in [-0.39, 0.29) is 11.5 Å². The average Bonchev–Trinajstić information content (AvgIpc) is 2.77. The van der Waals surface area contributed by atoms with Gasteiger partial charge in [0.05, 0.1) is 17.5 Å². The fourth-order valence-corrected chi connectivity index (χ4v) is 3.45. The Morgan fingerprint density at radius 2 is 2.00 bits per heavy atom. The van der Waals surface area contributed by atoms with E-state index in [1.807, 2.05) is 18.2 Å². The third-order valence-electron chi connectivity index (χ3n) is 4.75. The molecule has 0 saturated carbocycles. The summed E-state index contributed by atoms with van der Waals surface area (Å²) in [6.07, 6.45) is 4.22. The number of pyridine rings is 1. The number of carbonyl (C=O) groups is 1. The molecule has 0 radical (unpaired) electrons. The van der Waals surface area contributed by atoms with Crippen LogP contribution in [0.2, 0.25) is 0 Å². The van der Waals surface area contributed by atoms with Crippen molar-refractivity contribution in [1.82, 2.24) is 14.5 Å². The zero-order chi connectivity index (χ0) is 22.1. The quantitative estimate of drug-likeness (QED) is 0.347. The third-order valence-corrected chi connectivity index (χ3v) is 5.07. The highest BCUT2D eigenvalue weighted by molar-refractivity contribution is 7.71. The molecular weight excluding hydrogens is 416 g/mol. The number of unbranched alkanes of at least 4 members (excludes halogenated alkanes) is 2. The van der Waals surface area contributed by atoms with E-state index < -0.39 is 0 Å². The first-order valence-electron chi connectivity index (χ1n) is 10.2. The normalized spacial score (nSPS) is 10.9. The van der Waals surface area contributed by atoms with Crippen LogP contribution in [0.3, 0.4) is 0 Å². The van der Waals surface area contributed by atoms with Crippen molar-refractivity contribution in [2.24, 2.45) is 0 Å². The zero-order valence-corrected chi connectivity index (χ0v) is 18.2. The Morgan fingerprint density at radius 1 is 1.16 bits per heavy atom. The first-order valence-corrected chi connectivity index (χ1v) is 10.6. The van der Waals surface area contributed by atoms with Crippen molar-refractivity contribution in [3.63, 3.8) is 0 Å². The number of fused-ring (bicyclic) bond motifs is 1. The van der Waals surface area contributed by atoms with Crippen LogP contribution in [-0.2, 0) is 16.1 Å². The van der Waals surface area contributed by atoms with Gasteiger partial charge in [-0.15, -0.1) is 0 Å². The Balaban J connectivity index is 1.47. The maximum absolute atomic E-state index is 12.6. The molecule has 2 aromatic heterocycles. The van der Waals surface area contributed by atoms with Crippen molar-refractivity contribution >= 4 is 34.7 Å². The van der Waals surface area contributed by atoms with E-state index in [4.69, 9.17) is 21.7 Å². The molecule has 0 fully saturated rings. The molecule has 3 aromatic rings. The lowest BCUT2D eigenvalue weighted by Crippen LogP contribution is -2.22. The largest absolute Gasteiger partial charge is 0.474 e. The van der Waals surface area contributed by atoms with Crippen LogP contribution in [-0.4, -0.2) is 40.8 Å². The Kier molecular flexibility index (Phi) is 8.31. The maximum Gasteiger partial charge on any atom is 0.262 e. The number of amides is 1. The number of hydrogen-bond donors (Lipinski definition) is 2. The molecule has 8 nitrogen and oxygen atoms in total. The summed E-state index contributed by atoms with van der Waals surface area (Å²) in [4.78, 5) is 32.2. The van der Waals surface area contributed by atoms with Gasteiger partial charge in [-0.05, 0) is 49.3 Å². The molecule has 0 saturated heterocycles. The number of benzene rings is 1. The number of anilines is 1. The van der Waals surface area contributed by atoms with Gasteiger partial charge in [0.25, 0.3) is 5.56 Å². The van der Waals surface area contributed by atoms with Gasteiger partial charge in [0.15, 0.2) is 4.77 Å². The number of para-hydroxylation sites is 1. The van der Waals surface area contributed by atoms with Crippen LogP contribution in [0.15, 0.2) is 47.4 Å². The number of carbonyl (C=O) groups excluding carboxylic acids is 1. The van der Waals surface area contributed by atoms with Crippen molar-refractivity contribution in [2.75, 3.05) is 25.6 Å². The molecule has 31 heavy (non-hydrogen) atoms. The summed E-state index contributed by atoms with van der Waals surface area (Å²) in [6, 6.07) is 10.8. The van der Waals surface area contributed by atoms with Gasteiger partial charge in [0.2, 0.25) is 11.8 Å². The van der Waals surface area contributed by atoms with Crippen LogP contribution >= 0.6 is 12.2 Å². The van der Waals surface area contributed by atoms with Crippen molar-refractivity contribution in [1.29, 1.82) is 0 Å². The Bertz CT molecular complexity index is 1140. The van der Waals surface area contributed by atoms with Crippen LogP contribution in [0.4, 0.5) is 5.69 Å². The molecule has 3 rings (SSSR count). The summed E-state index contributed by atoms with van der Waals surface area (Å²) in [6.45, 7) is 1.31. The van der Waals surface area contributed by atoms with Gasteiger partial charge >= 0.3 is 0 Å². The summed E-state index contributed by atoms with van der Waals surface area (Å²) in [7, 11) is 1.59. The molecule has 0 aliphatic heterocycles. The lowest BCUT2D eigenvalue weighted by molar-refractivity contribution is -0.116. The number of nitrogens with zero attached hydrogens (tertiary/aromatic N) is 2. The van der Waals surface area contributed by atoms with Crippen LogP contribution in [0.5, 0.6) is 5.88 Å². The molecule has 0 bridgehead atoms. The number of nitrogens with one attached hydrogen (secondary N) is 2. The molecule has 2 heterocycles. The fourth-order valence-electron chi connectivity index (χ4n) is 3.17. The van der Waals surface area contributed by atoms with Crippen LogP contribution < -0.4 is 15.6 Å². The minimum absolute atomic E-state index is 0.0883. The van der Waals surface area contributed by atoms with E-state index in [0.717, 1.165) is 18.4 Å². The number of ether oxygens (including phenoxy) is 2. The predicted molar refractivity (Wildman–Crippen MR) is 122 cm³/mol. The lowest BCUT2D eigenvalue weighted by atomic mass is 10.2. The molecule has 0 unspecified atom stereocenters. The van der Waals surface area contributed by atoms with Gasteiger partial charge in [-0.2, -0.15) is 0 Å². The molecule has 0 aliphatic rings. The fraction of sp³-hybridized carbons (Fsp3) is 0.364. The van der Waals surface area contributed by atoms with Crippen molar-refractivity contribution < 1.29 is 14.3 Å². The second-order valence-corrected chi connectivity index (χ2v) is 7.38. The van der Waals surface area contributed by atoms with Gasteiger partial charge in [0, 0.05) is 26.3 Å². The Morgan fingerprint density at radius 3 is 2.84 bits per heavy atom. The number of methoxy groups -OCH3 is 1. The van der Waals surface area contributed by atoms with Crippen molar-refractivity contribution in [3.05, 3.63) is 57.7 Å². The molecule has 0 atom stereocenters. The highest BCUT2D eigenvalue weighted by Gasteiger charge is 2.09.